The summed E-state index contributed by atoms with van der Waals surface area (Å²) in [6.07, 6.45) is 1.42. The molecule has 0 spiro atoms. The molecular weight excluding hydrogens is 180 g/mol. The maximum atomic E-state index is 11.6. The smallest absolute Gasteiger partial charge is 0.319 e. The number of ether oxygens (including phenoxy) is 1. The summed E-state index contributed by atoms with van der Waals surface area (Å²) < 4.78 is 5.66. The van der Waals surface area contributed by atoms with Crippen molar-refractivity contribution < 1.29 is 9.53 Å². The highest BCUT2D eigenvalue weighted by Crippen LogP contribution is 2.15. The van der Waals surface area contributed by atoms with Crippen LogP contribution in [0.4, 0.5) is 4.79 Å². The molecule has 2 amide bonds. The molecule has 1 unspecified atom stereocenters. The van der Waals surface area contributed by atoms with Crippen LogP contribution in [0.15, 0.2) is 0 Å². The molecule has 1 rings (SSSR count). The first-order valence-electron chi connectivity index (χ1n) is 5.12. The lowest BCUT2D eigenvalue weighted by molar-refractivity contribution is 0.0152. The van der Waals surface area contributed by atoms with E-state index < -0.39 is 0 Å². The van der Waals surface area contributed by atoms with Crippen molar-refractivity contribution in [3.8, 4) is 0 Å². The number of amides is 2. The lowest BCUT2D eigenvalue weighted by Gasteiger charge is -2.21. The molecule has 1 saturated heterocycles. The molecule has 0 bridgehead atoms. The molecular formula is C10H20N2O2. The predicted molar refractivity (Wildman–Crippen MR) is 55.3 cm³/mol. The predicted octanol–water partition coefficient (Wildman–Crippen LogP) is 1.17. The van der Waals surface area contributed by atoms with Gasteiger partial charge in [-0.15, -0.1) is 0 Å². The standard InChI is InChI=1S/C10H20N2O2/c1-8(2)14-9-5-6-12(7-9)10(13)11(3)4/h8-9H,5-7H2,1-4H3. The quantitative estimate of drug-likeness (QED) is 0.670. The molecule has 0 aromatic heterocycles. The Morgan fingerprint density at radius 2 is 2.14 bits per heavy atom. The van der Waals surface area contributed by atoms with E-state index >= 15 is 0 Å². The summed E-state index contributed by atoms with van der Waals surface area (Å²) in [6, 6.07) is 0.0832. The SMILES string of the molecule is CC(C)OC1CCN(C(=O)N(C)C)C1. The van der Waals surface area contributed by atoms with E-state index in [1.807, 2.05) is 18.7 Å². The van der Waals surface area contributed by atoms with Gasteiger partial charge < -0.3 is 14.5 Å². The first-order valence-corrected chi connectivity index (χ1v) is 5.12. The van der Waals surface area contributed by atoms with E-state index in [2.05, 4.69) is 0 Å². The summed E-state index contributed by atoms with van der Waals surface area (Å²) in [5.41, 5.74) is 0. The van der Waals surface area contributed by atoms with Gasteiger partial charge in [0, 0.05) is 27.2 Å². The monoisotopic (exact) mass is 200 g/mol. The number of carbonyl (C=O) groups excluding carboxylic acids is 1. The zero-order valence-electron chi connectivity index (χ0n) is 9.49. The van der Waals surface area contributed by atoms with E-state index in [0.29, 0.717) is 0 Å². The van der Waals surface area contributed by atoms with E-state index in [9.17, 15) is 4.79 Å². The number of hydrogen-bond donors (Lipinski definition) is 0. The van der Waals surface area contributed by atoms with Gasteiger partial charge in [0.25, 0.3) is 0 Å². The third-order valence-corrected chi connectivity index (χ3v) is 2.26. The van der Waals surface area contributed by atoms with Gasteiger partial charge in [0.2, 0.25) is 0 Å². The Hall–Kier alpha value is -0.770. The fraction of sp³-hybridized carbons (Fsp3) is 0.900. The Bertz CT molecular complexity index is 204. The Morgan fingerprint density at radius 1 is 1.50 bits per heavy atom. The molecule has 1 fully saturated rings. The van der Waals surface area contributed by atoms with Crippen molar-refractivity contribution in [2.45, 2.75) is 32.5 Å². The van der Waals surface area contributed by atoms with Gasteiger partial charge in [-0.1, -0.05) is 0 Å². The Labute approximate surface area is 85.8 Å². The number of urea groups is 1. The molecule has 1 atom stereocenters. The van der Waals surface area contributed by atoms with E-state index in [-0.39, 0.29) is 18.2 Å². The number of rotatable bonds is 2. The van der Waals surface area contributed by atoms with E-state index in [4.69, 9.17) is 4.74 Å². The molecule has 0 aliphatic carbocycles. The minimum absolute atomic E-state index is 0.0832. The van der Waals surface area contributed by atoms with Crippen LogP contribution in [-0.2, 0) is 4.74 Å². The average Bonchev–Trinajstić information content (AvgIpc) is 2.50. The largest absolute Gasteiger partial charge is 0.374 e. The minimum atomic E-state index is 0.0832. The van der Waals surface area contributed by atoms with Crippen LogP contribution in [-0.4, -0.2) is 55.2 Å². The maximum Gasteiger partial charge on any atom is 0.319 e. The van der Waals surface area contributed by atoms with Crippen LogP contribution in [0.5, 0.6) is 0 Å². The fourth-order valence-electron chi connectivity index (χ4n) is 1.68. The van der Waals surface area contributed by atoms with Crippen molar-refractivity contribution in [1.29, 1.82) is 0 Å². The lowest BCUT2D eigenvalue weighted by atomic mass is 10.3. The van der Waals surface area contributed by atoms with Gasteiger partial charge in [-0.3, -0.25) is 0 Å². The van der Waals surface area contributed by atoms with Crippen molar-refractivity contribution in [2.24, 2.45) is 0 Å². The number of nitrogens with zero attached hydrogens (tertiary/aromatic N) is 2. The zero-order chi connectivity index (χ0) is 10.7. The summed E-state index contributed by atoms with van der Waals surface area (Å²) in [6.45, 7) is 5.59. The molecule has 4 nitrogen and oxygen atoms in total. The molecule has 1 aliphatic heterocycles. The van der Waals surface area contributed by atoms with Crippen LogP contribution in [0.2, 0.25) is 0 Å². The normalized spacial score (nSPS) is 21.8. The van der Waals surface area contributed by atoms with Gasteiger partial charge in [-0.2, -0.15) is 0 Å². The molecule has 14 heavy (non-hydrogen) atoms. The number of likely N-dealkylation sites (tertiary alicyclic amines) is 1. The van der Waals surface area contributed by atoms with E-state index in [1.165, 1.54) is 0 Å². The van der Waals surface area contributed by atoms with E-state index in [1.54, 1.807) is 19.0 Å². The number of carbonyl (C=O) groups is 1. The van der Waals surface area contributed by atoms with Crippen molar-refractivity contribution in [3.63, 3.8) is 0 Å². The molecule has 4 heteroatoms. The maximum absolute atomic E-state index is 11.6. The van der Waals surface area contributed by atoms with Crippen LogP contribution in [0.25, 0.3) is 0 Å². The molecule has 1 heterocycles. The first kappa shape index (κ1) is 11.3. The Kier molecular flexibility index (Phi) is 3.75. The van der Waals surface area contributed by atoms with Crippen molar-refractivity contribution in [3.05, 3.63) is 0 Å². The summed E-state index contributed by atoms with van der Waals surface area (Å²) in [5, 5.41) is 0. The zero-order valence-corrected chi connectivity index (χ0v) is 9.49. The lowest BCUT2D eigenvalue weighted by Crippen LogP contribution is -2.38. The second kappa shape index (κ2) is 4.64. The summed E-state index contributed by atoms with van der Waals surface area (Å²) in [5.74, 6) is 0. The molecule has 1 aliphatic rings. The first-order chi connectivity index (χ1) is 6.50. The van der Waals surface area contributed by atoms with Crippen molar-refractivity contribution in [1.82, 2.24) is 9.80 Å². The molecule has 0 saturated carbocycles. The summed E-state index contributed by atoms with van der Waals surface area (Å²) in [7, 11) is 3.55. The van der Waals surface area contributed by atoms with Gasteiger partial charge in [-0.05, 0) is 20.3 Å². The van der Waals surface area contributed by atoms with Crippen molar-refractivity contribution in [2.75, 3.05) is 27.2 Å². The molecule has 0 N–H and O–H groups in total. The second-order valence-corrected chi connectivity index (χ2v) is 4.22. The third kappa shape index (κ3) is 2.87. The van der Waals surface area contributed by atoms with Gasteiger partial charge >= 0.3 is 6.03 Å². The second-order valence-electron chi connectivity index (χ2n) is 4.22. The summed E-state index contributed by atoms with van der Waals surface area (Å²) in [4.78, 5) is 15.0. The Morgan fingerprint density at radius 3 is 2.64 bits per heavy atom. The molecule has 0 radical (unpaired) electrons. The van der Waals surface area contributed by atoms with Crippen LogP contribution in [0.1, 0.15) is 20.3 Å². The average molecular weight is 200 g/mol. The topological polar surface area (TPSA) is 32.8 Å². The third-order valence-electron chi connectivity index (χ3n) is 2.26. The van der Waals surface area contributed by atoms with Gasteiger partial charge in [-0.25, -0.2) is 4.79 Å². The van der Waals surface area contributed by atoms with Gasteiger partial charge in [0.15, 0.2) is 0 Å². The van der Waals surface area contributed by atoms with Gasteiger partial charge in [0.05, 0.1) is 12.2 Å². The highest BCUT2D eigenvalue weighted by molar-refractivity contribution is 5.74. The molecule has 0 aromatic carbocycles. The Balaban J connectivity index is 2.37. The minimum Gasteiger partial charge on any atom is -0.374 e. The van der Waals surface area contributed by atoms with Crippen LogP contribution in [0.3, 0.4) is 0 Å². The van der Waals surface area contributed by atoms with E-state index in [0.717, 1.165) is 19.5 Å². The highest BCUT2D eigenvalue weighted by atomic mass is 16.5. The van der Waals surface area contributed by atoms with Gasteiger partial charge in [0.1, 0.15) is 0 Å². The molecule has 0 aromatic rings. The highest BCUT2D eigenvalue weighted by Gasteiger charge is 2.27. The van der Waals surface area contributed by atoms with Crippen molar-refractivity contribution >= 4 is 6.03 Å². The van der Waals surface area contributed by atoms with Crippen LogP contribution >= 0.6 is 0 Å². The fourth-order valence-corrected chi connectivity index (χ4v) is 1.68. The summed E-state index contributed by atoms with van der Waals surface area (Å²) >= 11 is 0. The number of hydrogen-bond acceptors (Lipinski definition) is 2. The molecule has 82 valence electrons. The van der Waals surface area contributed by atoms with Crippen LogP contribution < -0.4 is 0 Å². The van der Waals surface area contributed by atoms with Crippen LogP contribution in [0, 0.1) is 0 Å².